The molecule has 0 bridgehead atoms. The largest absolute Gasteiger partial charge is 0.497 e. The van der Waals surface area contributed by atoms with Crippen LogP contribution >= 0.6 is 11.6 Å². The summed E-state index contributed by atoms with van der Waals surface area (Å²) in [6.45, 7) is 1.72. The summed E-state index contributed by atoms with van der Waals surface area (Å²) in [5.41, 5.74) is 1.06. The van der Waals surface area contributed by atoms with Crippen molar-refractivity contribution in [3.63, 3.8) is 0 Å². The molecular weight excluding hydrogens is 382 g/mol. The summed E-state index contributed by atoms with van der Waals surface area (Å²) in [6.07, 6.45) is -0.910. The first kappa shape index (κ1) is 19.9. The second-order valence-corrected chi connectivity index (χ2v) is 6.99. The number of ketones is 1. The minimum atomic E-state index is -0.949. The number of amides is 1. The molecule has 2 atom stereocenters. The molecule has 1 saturated heterocycles. The first-order valence-corrected chi connectivity index (χ1v) is 9.21. The van der Waals surface area contributed by atoms with Crippen molar-refractivity contribution in [2.24, 2.45) is 5.92 Å². The van der Waals surface area contributed by atoms with Crippen LogP contribution in [0.4, 0.5) is 5.69 Å². The van der Waals surface area contributed by atoms with Gasteiger partial charge < -0.3 is 14.4 Å². The number of Topliss-reactive ketones (excluding diaryl/α,β-unsaturated/α-hetero) is 1. The number of rotatable bonds is 6. The summed E-state index contributed by atoms with van der Waals surface area (Å²) in [4.78, 5) is 38.8. The zero-order valence-corrected chi connectivity index (χ0v) is 16.3. The number of benzene rings is 2. The molecule has 1 fully saturated rings. The summed E-state index contributed by atoms with van der Waals surface area (Å²) in [6, 6.07) is 13.4. The van der Waals surface area contributed by atoms with E-state index in [4.69, 9.17) is 21.1 Å². The van der Waals surface area contributed by atoms with Gasteiger partial charge in [0, 0.05) is 35.3 Å². The topological polar surface area (TPSA) is 72.9 Å². The lowest BCUT2D eigenvalue weighted by atomic mass is 10.1. The molecule has 0 radical (unpaired) electrons. The van der Waals surface area contributed by atoms with E-state index in [1.807, 2.05) is 0 Å². The predicted octanol–water partition coefficient (Wildman–Crippen LogP) is 3.52. The number of methoxy groups -OCH3 is 1. The van der Waals surface area contributed by atoms with Gasteiger partial charge in [0.1, 0.15) is 5.75 Å². The number of hydrogen-bond donors (Lipinski definition) is 0. The van der Waals surface area contributed by atoms with Crippen molar-refractivity contribution < 1.29 is 23.9 Å². The van der Waals surface area contributed by atoms with E-state index < -0.39 is 18.0 Å². The Labute approximate surface area is 168 Å². The molecule has 1 aliphatic heterocycles. The summed E-state index contributed by atoms with van der Waals surface area (Å²) in [5, 5.41) is 0.517. The van der Waals surface area contributed by atoms with Gasteiger partial charge in [0.2, 0.25) is 11.7 Å². The number of hydrogen-bond acceptors (Lipinski definition) is 5. The van der Waals surface area contributed by atoms with Gasteiger partial charge in [0.05, 0.1) is 13.0 Å². The van der Waals surface area contributed by atoms with Gasteiger partial charge in [0.15, 0.2) is 6.10 Å². The summed E-state index contributed by atoms with van der Waals surface area (Å²) in [7, 11) is 1.55. The number of nitrogens with zero attached hydrogens (tertiary/aromatic N) is 1. The molecule has 3 rings (SSSR count). The molecule has 0 N–H and O–H groups in total. The fourth-order valence-electron chi connectivity index (χ4n) is 3.07. The Morgan fingerprint density at radius 1 is 1.18 bits per heavy atom. The number of anilines is 1. The van der Waals surface area contributed by atoms with E-state index in [0.29, 0.717) is 22.0 Å². The molecule has 2 aromatic carbocycles. The van der Waals surface area contributed by atoms with Crippen LogP contribution in [-0.4, -0.2) is 37.4 Å². The van der Waals surface area contributed by atoms with Crippen LogP contribution < -0.4 is 9.64 Å². The van der Waals surface area contributed by atoms with Crippen LogP contribution in [0.2, 0.25) is 5.02 Å². The average molecular weight is 402 g/mol. The highest BCUT2D eigenvalue weighted by atomic mass is 35.5. The van der Waals surface area contributed by atoms with Crippen LogP contribution in [0, 0.1) is 5.92 Å². The van der Waals surface area contributed by atoms with Gasteiger partial charge in [-0.25, -0.2) is 0 Å². The number of halogens is 1. The zero-order chi connectivity index (χ0) is 20.3. The molecule has 1 heterocycles. The molecular formula is C21H20ClNO5. The quantitative estimate of drug-likeness (QED) is 0.547. The van der Waals surface area contributed by atoms with Gasteiger partial charge >= 0.3 is 5.97 Å². The second-order valence-electron chi connectivity index (χ2n) is 6.56. The lowest BCUT2D eigenvalue weighted by Crippen LogP contribution is -2.30. The fourth-order valence-corrected chi connectivity index (χ4v) is 3.19. The van der Waals surface area contributed by atoms with Gasteiger partial charge in [-0.05, 0) is 43.3 Å². The third kappa shape index (κ3) is 4.34. The molecule has 1 amide bonds. The van der Waals surface area contributed by atoms with E-state index in [-0.39, 0.29) is 24.7 Å². The van der Waals surface area contributed by atoms with Gasteiger partial charge in [0.25, 0.3) is 0 Å². The number of carbonyl (C=O) groups is 3. The predicted molar refractivity (Wildman–Crippen MR) is 105 cm³/mol. The molecule has 0 spiro atoms. The smallest absolute Gasteiger partial charge is 0.312 e. The number of ether oxygens (including phenoxy) is 2. The van der Waals surface area contributed by atoms with Crippen LogP contribution in [0.5, 0.6) is 5.75 Å². The van der Waals surface area contributed by atoms with Crippen molar-refractivity contribution in [1.29, 1.82) is 0 Å². The minimum absolute atomic E-state index is 0.0396. The summed E-state index contributed by atoms with van der Waals surface area (Å²) >= 11 is 5.82. The molecule has 0 unspecified atom stereocenters. The van der Waals surface area contributed by atoms with E-state index in [0.717, 1.165) is 0 Å². The van der Waals surface area contributed by atoms with Crippen molar-refractivity contribution in [3.8, 4) is 5.75 Å². The molecule has 0 saturated carbocycles. The molecule has 7 heteroatoms. The Morgan fingerprint density at radius 2 is 1.89 bits per heavy atom. The summed E-state index contributed by atoms with van der Waals surface area (Å²) < 4.78 is 10.5. The third-order valence-electron chi connectivity index (χ3n) is 4.61. The van der Waals surface area contributed by atoms with Crippen LogP contribution in [-0.2, 0) is 14.3 Å². The van der Waals surface area contributed by atoms with Gasteiger partial charge in [-0.2, -0.15) is 0 Å². The monoisotopic (exact) mass is 401 g/mol. The Kier molecular flexibility index (Phi) is 5.99. The molecule has 2 aromatic rings. The molecule has 146 valence electrons. The van der Waals surface area contributed by atoms with E-state index in [1.165, 1.54) is 11.8 Å². The number of carbonyl (C=O) groups excluding carboxylic acids is 3. The minimum Gasteiger partial charge on any atom is -0.497 e. The lowest BCUT2D eigenvalue weighted by Gasteiger charge is -2.18. The highest BCUT2D eigenvalue weighted by molar-refractivity contribution is 6.30. The molecule has 28 heavy (non-hydrogen) atoms. The van der Waals surface area contributed by atoms with Gasteiger partial charge in [-0.3, -0.25) is 14.4 Å². The Morgan fingerprint density at radius 3 is 2.57 bits per heavy atom. The molecule has 0 aromatic heterocycles. The Bertz CT molecular complexity index is 896. The standard InChI is InChI=1S/C21H20ClNO5/c1-13(20(25)14-6-8-16(22)9-7-14)28-21(26)15-10-19(24)23(12-15)17-4-3-5-18(11-17)27-2/h3-9,11,13,15H,10,12H2,1-2H3/t13-,15-/m1/s1. The maximum Gasteiger partial charge on any atom is 0.312 e. The first-order valence-electron chi connectivity index (χ1n) is 8.83. The average Bonchev–Trinajstić information content (AvgIpc) is 3.10. The maximum absolute atomic E-state index is 12.5. The van der Waals surface area contributed by atoms with E-state index >= 15 is 0 Å². The number of esters is 1. The Hall–Kier alpha value is -2.86. The van der Waals surface area contributed by atoms with Crippen LogP contribution in [0.25, 0.3) is 0 Å². The van der Waals surface area contributed by atoms with E-state index in [9.17, 15) is 14.4 Å². The SMILES string of the molecule is COc1cccc(N2C[C@H](C(=O)O[C@H](C)C(=O)c3ccc(Cl)cc3)CC2=O)c1. The van der Waals surface area contributed by atoms with Gasteiger partial charge in [-0.15, -0.1) is 0 Å². The second kappa shape index (κ2) is 8.44. The highest BCUT2D eigenvalue weighted by Crippen LogP contribution is 2.28. The van der Waals surface area contributed by atoms with Crippen LogP contribution in [0.1, 0.15) is 23.7 Å². The molecule has 0 aliphatic carbocycles. The Balaban J connectivity index is 1.64. The van der Waals surface area contributed by atoms with Crippen molar-refractivity contribution >= 4 is 34.9 Å². The molecule has 6 nitrogen and oxygen atoms in total. The maximum atomic E-state index is 12.5. The van der Waals surface area contributed by atoms with Crippen molar-refractivity contribution in [3.05, 3.63) is 59.1 Å². The normalized spacial score (nSPS) is 17.3. The fraction of sp³-hybridized carbons (Fsp3) is 0.286. The van der Waals surface area contributed by atoms with Crippen molar-refractivity contribution in [2.75, 3.05) is 18.6 Å². The summed E-state index contributed by atoms with van der Waals surface area (Å²) in [5.74, 6) is -1.06. The van der Waals surface area contributed by atoms with Crippen LogP contribution in [0.15, 0.2) is 48.5 Å². The van der Waals surface area contributed by atoms with Crippen molar-refractivity contribution in [1.82, 2.24) is 0 Å². The lowest BCUT2D eigenvalue weighted by molar-refractivity contribution is -0.151. The van der Waals surface area contributed by atoms with Gasteiger partial charge in [-0.1, -0.05) is 17.7 Å². The van der Waals surface area contributed by atoms with Crippen molar-refractivity contribution in [2.45, 2.75) is 19.4 Å². The van der Waals surface area contributed by atoms with E-state index in [2.05, 4.69) is 0 Å². The van der Waals surface area contributed by atoms with Crippen LogP contribution in [0.3, 0.4) is 0 Å². The zero-order valence-electron chi connectivity index (χ0n) is 15.6. The first-order chi connectivity index (χ1) is 13.4. The molecule has 1 aliphatic rings. The third-order valence-corrected chi connectivity index (χ3v) is 4.87. The highest BCUT2D eigenvalue weighted by Gasteiger charge is 2.37. The van der Waals surface area contributed by atoms with E-state index in [1.54, 1.807) is 55.6 Å².